The van der Waals surface area contributed by atoms with E-state index in [1.54, 1.807) is 0 Å². The molecule has 2 aromatic rings. The molecule has 188 valence electrons. The van der Waals surface area contributed by atoms with Crippen LogP contribution >= 0.6 is 11.6 Å². The van der Waals surface area contributed by atoms with Gasteiger partial charge in [-0.3, -0.25) is 4.79 Å². The summed E-state index contributed by atoms with van der Waals surface area (Å²) in [5.74, 6) is 0.689. The van der Waals surface area contributed by atoms with Crippen LogP contribution in [0.15, 0.2) is 42.6 Å². The van der Waals surface area contributed by atoms with E-state index in [9.17, 15) is 4.79 Å². The van der Waals surface area contributed by atoms with Crippen LogP contribution in [-0.2, 0) is 24.3 Å². The predicted octanol–water partition coefficient (Wildman–Crippen LogP) is 7.20. The van der Waals surface area contributed by atoms with E-state index >= 15 is 0 Å². The first-order chi connectivity index (χ1) is 16.6. The summed E-state index contributed by atoms with van der Waals surface area (Å²) in [5, 5.41) is 3.59. The number of benzene rings is 1. The van der Waals surface area contributed by atoms with E-state index in [0.717, 1.165) is 30.6 Å². The van der Waals surface area contributed by atoms with Gasteiger partial charge >= 0.3 is 0 Å². The van der Waals surface area contributed by atoms with E-state index in [1.807, 2.05) is 36.4 Å². The number of amides is 1. The van der Waals surface area contributed by atoms with E-state index in [1.165, 1.54) is 57.8 Å². The molecule has 0 bridgehead atoms. The lowest BCUT2D eigenvalue weighted by Crippen LogP contribution is -2.40. The Morgan fingerprint density at radius 3 is 2.29 bits per heavy atom. The zero-order valence-electron chi connectivity index (χ0n) is 21.3. The summed E-state index contributed by atoms with van der Waals surface area (Å²) in [7, 11) is 0. The zero-order valence-corrected chi connectivity index (χ0v) is 22.0. The van der Waals surface area contributed by atoms with Gasteiger partial charge in [0.05, 0.1) is 18.1 Å². The van der Waals surface area contributed by atoms with Crippen LogP contribution in [0.4, 0.5) is 0 Å². The molecule has 0 aliphatic carbocycles. The fourth-order valence-corrected chi connectivity index (χ4v) is 4.37. The first kappa shape index (κ1) is 28.2. The van der Waals surface area contributed by atoms with Gasteiger partial charge in [-0.05, 0) is 24.1 Å². The maximum Gasteiger partial charge on any atom is 0.224 e. The molecule has 2 rings (SSSR count). The summed E-state index contributed by atoms with van der Waals surface area (Å²) >= 11 is 6.41. The summed E-state index contributed by atoms with van der Waals surface area (Å²) in [4.78, 5) is 12.4. The fraction of sp³-hybridized carbons (Fsp3) is 0.586. The molecule has 1 heterocycles. The molecule has 0 saturated heterocycles. The van der Waals surface area contributed by atoms with Gasteiger partial charge in [-0.2, -0.15) is 0 Å². The molecule has 0 aliphatic rings. The number of nitrogens with one attached hydrogen (secondary N) is 1. The lowest BCUT2D eigenvalue weighted by Gasteiger charge is -2.10. The number of pyridine rings is 1. The molecule has 0 fully saturated rings. The number of hydrogen-bond donors (Lipinski definition) is 1. The standard InChI is InChI=1S/C29H43ClN2O2/c1-3-5-6-7-8-9-10-11-12-15-21-34-28-18-17-25(22-27(28)30)23-29(33)31-24-26-16-13-14-20-32(26)19-4-2/h13-14,16-18,20,22H,3-12,15,19,21,23-24H2,1-2H3/p+1. The minimum atomic E-state index is -0.0120. The molecular weight excluding hydrogens is 444 g/mol. The third kappa shape index (κ3) is 11.4. The van der Waals surface area contributed by atoms with Crippen LogP contribution in [0.2, 0.25) is 5.02 Å². The number of nitrogens with zero attached hydrogens (tertiary/aromatic N) is 1. The van der Waals surface area contributed by atoms with Gasteiger partial charge in [0.1, 0.15) is 18.8 Å². The number of carbonyl (C=O) groups excluding carboxylic acids is 1. The van der Waals surface area contributed by atoms with Crippen molar-refractivity contribution in [3.63, 3.8) is 0 Å². The second kappa shape index (κ2) is 17.4. The van der Waals surface area contributed by atoms with Gasteiger partial charge in [-0.1, -0.05) is 95.4 Å². The third-order valence-electron chi connectivity index (χ3n) is 6.08. The lowest BCUT2D eigenvalue weighted by atomic mass is 10.1. The number of ether oxygens (including phenoxy) is 1. The molecule has 0 atom stereocenters. The van der Waals surface area contributed by atoms with Crippen molar-refractivity contribution in [1.29, 1.82) is 0 Å². The van der Waals surface area contributed by atoms with E-state index in [2.05, 4.69) is 29.9 Å². The molecule has 0 unspecified atom stereocenters. The smallest absolute Gasteiger partial charge is 0.224 e. The van der Waals surface area contributed by atoms with Crippen LogP contribution in [0.5, 0.6) is 5.75 Å². The topological polar surface area (TPSA) is 42.2 Å². The van der Waals surface area contributed by atoms with Crippen molar-refractivity contribution in [2.24, 2.45) is 0 Å². The molecule has 4 nitrogen and oxygen atoms in total. The largest absolute Gasteiger partial charge is 0.492 e. The molecule has 0 radical (unpaired) electrons. The van der Waals surface area contributed by atoms with E-state index in [-0.39, 0.29) is 5.91 Å². The number of halogens is 1. The Morgan fingerprint density at radius 1 is 0.912 bits per heavy atom. The molecule has 1 amide bonds. The van der Waals surface area contributed by atoms with Gasteiger partial charge in [0.25, 0.3) is 0 Å². The maximum absolute atomic E-state index is 12.4. The monoisotopic (exact) mass is 487 g/mol. The van der Waals surface area contributed by atoms with Crippen molar-refractivity contribution in [1.82, 2.24) is 5.32 Å². The predicted molar refractivity (Wildman–Crippen MR) is 141 cm³/mol. The Hall–Kier alpha value is -2.07. The van der Waals surface area contributed by atoms with Crippen molar-refractivity contribution in [3.05, 3.63) is 58.9 Å². The van der Waals surface area contributed by atoms with E-state index < -0.39 is 0 Å². The normalized spacial score (nSPS) is 10.9. The second-order valence-corrected chi connectivity index (χ2v) is 9.54. The average Bonchev–Trinajstić information content (AvgIpc) is 2.83. The van der Waals surface area contributed by atoms with Crippen LogP contribution in [-0.4, -0.2) is 12.5 Å². The Morgan fingerprint density at radius 2 is 1.62 bits per heavy atom. The Balaban J connectivity index is 1.63. The number of carbonyl (C=O) groups is 1. The summed E-state index contributed by atoms with van der Waals surface area (Å²) in [6.07, 6.45) is 16.5. The Bertz CT molecular complexity index is 841. The number of unbranched alkanes of at least 4 members (excludes halogenated alkanes) is 9. The molecule has 1 aromatic heterocycles. The zero-order chi connectivity index (χ0) is 24.4. The second-order valence-electron chi connectivity index (χ2n) is 9.13. The van der Waals surface area contributed by atoms with Gasteiger partial charge in [-0.15, -0.1) is 0 Å². The highest BCUT2D eigenvalue weighted by Gasteiger charge is 2.11. The van der Waals surface area contributed by atoms with E-state index in [4.69, 9.17) is 16.3 Å². The Kier molecular flexibility index (Phi) is 14.4. The summed E-state index contributed by atoms with van der Waals surface area (Å²) in [6.45, 7) is 6.56. The van der Waals surface area contributed by atoms with Crippen LogP contribution in [0.25, 0.3) is 0 Å². The molecule has 0 saturated carbocycles. The van der Waals surface area contributed by atoms with Crippen molar-refractivity contribution >= 4 is 17.5 Å². The van der Waals surface area contributed by atoms with Gasteiger partial charge in [0.15, 0.2) is 6.20 Å². The minimum Gasteiger partial charge on any atom is -0.492 e. The highest BCUT2D eigenvalue weighted by Crippen LogP contribution is 2.26. The lowest BCUT2D eigenvalue weighted by molar-refractivity contribution is -0.704. The van der Waals surface area contributed by atoms with Crippen molar-refractivity contribution in [2.45, 2.75) is 104 Å². The number of aryl methyl sites for hydroxylation is 1. The average molecular weight is 488 g/mol. The number of hydrogen-bond acceptors (Lipinski definition) is 2. The third-order valence-corrected chi connectivity index (χ3v) is 6.38. The first-order valence-electron chi connectivity index (χ1n) is 13.3. The van der Waals surface area contributed by atoms with Crippen molar-refractivity contribution in [2.75, 3.05) is 6.61 Å². The SMILES string of the molecule is CCCCCCCCCCCCOc1ccc(CC(=O)NCc2cccc[n+]2CCC)cc1Cl. The van der Waals surface area contributed by atoms with Crippen molar-refractivity contribution in [3.8, 4) is 5.75 Å². The molecule has 5 heteroatoms. The molecule has 1 N–H and O–H groups in total. The minimum absolute atomic E-state index is 0.0120. The van der Waals surface area contributed by atoms with Gasteiger partial charge in [0, 0.05) is 18.6 Å². The van der Waals surface area contributed by atoms with Crippen LogP contribution in [0, 0.1) is 0 Å². The highest BCUT2D eigenvalue weighted by atomic mass is 35.5. The first-order valence-corrected chi connectivity index (χ1v) is 13.7. The van der Waals surface area contributed by atoms with Crippen LogP contribution in [0.1, 0.15) is 95.7 Å². The summed E-state index contributed by atoms with van der Waals surface area (Å²) in [6, 6.07) is 11.7. The fourth-order valence-electron chi connectivity index (χ4n) is 4.11. The molecule has 0 spiro atoms. The maximum atomic E-state index is 12.4. The van der Waals surface area contributed by atoms with Gasteiger partial charge < -0.3 is 10.1 Å². The van der Waals surface area contributed by atoms with Crippen LogP contribution < -0.4 is 14.6 Å². The quantitative estimate of drug-likeness (QED) is 0.178. The molecular formula is C29H44ClN2O2+. The Labute approximate surface area is 212 Å². The highest BCUT2D eigenvalue weighted by molar-refractivity contribution is 6.32. The summed E-state index contributed by atoms with van der Waals surface area (Å²) in [5.41, 5.74) is 2.00. The summed E-state index contributed by atoms with van der Waals surface area (Å²) < 4.78 is 8.05. The van der Waals surface area contributed by atoms with Gasteiger partial charge in [0.2, 0.25) is 11.6 Å². The number of aromatic nitrogens is 1. The van der Waals surface area contributed by atoms with E-state index in [0.29, 0.717) is 30.3 Å². The molecule has 34 heavy (non-hydrogen) atoms. The van der Waals surface area contributed by atoms with Crippen molar-refractivity contribution < 1.29 is 14.1 Å². The molecule has 0 aliphatic heterocycles. The van der Waals surface area contributed by atoms with Gasteiger partial charge in [-0.25, -0.2) is 4.57 Å². The van der Waals surface area contributed by atoms with Crippen LogP contribution in [0.3, 0.4) is 0 Å². The molecule has 1 aromatic carbocycles. The number of rotatable bonds is 18.